The lowest BCUT2D eigenvalue weighted by molar-refractivity contribution is -0.141. The van der Waals surface area contributed by atoms with Crippen molar-refractivity contribution in [2.24, 2.45) is 0 Å². The molecule has 0 unspecified atom stereocenters. The number of carbonyl (C=O) groups excluding carboxylic acids is 2. The molecule has 0 bridgehead atoms. The van der Waals surface area contributed by atoms with Crippen LogP contribution in [0.5, 0.6) is 0 Å². The van der Waals surface area contributed by atoms with Crippen molar-refractivity contribution in [2.75, 3.05) is 40.5 Å². The third-order valence-electron chi connectivity index (χ3n) is 2.88. The molecule has 0 aliphatic heterocycles. The highest BCUT2D eigenvalue weighted by Crippen LogP contribution is 2.07. The molecule has 0 radical (unpaired) electrons. The summed E-state index contributed by atoms with van der Waals surface area (Å²) in [5.41, 5.74) is 0. The van der Waals surface area contributed by atoms with Gasteiger partial charge in [-0.05, 0) is 11.4 Å². The highest BCUT2D eigenvalue weighted by Gasteiger charge is 2.12. The minimum Gasteiger partial charge on any atom is -0.469 e. The molecule has 21 heavy (non-hydrogen) atoms. The van der Waals surface area contributed by atoms with Gasteiger partial charge in [0.1, 0.15) is 0 Å². The van der Waals surface area contributed by atoms with Gasteiger partial charge in [0, 0.05) is 25.1 Å². The Hall–Kier alpha value is -1.44. The summed E-state index contributed by atoms with van der Waals surface area (Å²) in [6.07, 6.45) is 0.262. The summed E-state index contributed by atoms with van der Waals surface area (Å²) >= 11 is 1.61. The van der Waals surface area contributed by atoms with Crippen molar-refractivity contribution >= 4 is 23.2 Å². The molecular weight excluding hydrogens is 292 g/mol. The summed E-state index contributed by atoms with van der Waals surface area (Å²) < 4.78 is 9.63. The van der Waals surface area contributed by atoms with Gasteiger partial charge in [-0.3, -0.25) is 14.5 Å². The number of nitrogens with zero attached hydrogens (tertiary/aromatic N) is 1. The predicted octanol–water partition coefficient (Wildman–Crippen LogP) is 0.876. The van der Waals surface area contributed by atoms with E-state index in [1.807, 2.05) is 22.4 Å². The van der Waals surface area contributed by atoms with Crippen molar-refractivity contribution in [3.05, 3.63) is 22.4 Å². The van der Waals surface area contributed by atoms with Crippen LogP contribution in [-0.4, -0.2) is 57.2 Å². The Balaban J connectivity index is 2.35. The SMILES string of the molecule is COCCN(CCC(=O)OC)CC(=O)NCc1cccs1. The first kappa shape index (κ1) is 17.6. The average Bonchev–Trinajstić information content (AvgIpc) is 3.00. The van der Waals surface area contributed by atoms with E-state index in [4.69, 9.17) is 4.74 Å². The Morgan fingerprint density at radius 1 is 1.33 bits per heavy atom. The van der Waals surface area contributed by atoms with Gasteiger partial charge in [-0.1, -0.05) is 6.07 Å². The summed E-state index contributed by atoms with van der Waals surface area (Å²) in [7, 11) is 2.96. The van der Waals surface area contributed by atoms with Gasteiger partial charge in [0.05, 0.1) is 33.2 Å². The van der Waals surface area contributed by atoms with Crippen LogP contribution in [0.1, 0.15) is 11.3 Å². The van der Waals surface area contributed by atoms with Crippen molar-refractivity contribution in [1.29, 1.82) is 0 Å². The van der Waals surface area contributed by atoms with E-state index < -0.39 is 0 Å². The molecule has 7 heteroatoms. The van der Waals surface area contributed by atoms with Crippen LogP contribution in [0.15, 0.2) is 17.5 Å². The zero-order valence-electron chi connectivity index (χ0n) is 12.5. The van der Waals surface area contributed by atoms with Gasteiger partial charge in [-0.2, -0.15) is 0 Å². The Bertz CT molecular complexity index is 423. The molecule has 0 aliphatic rings. The molecule has 1 heterocycles. The van der Waals surface area contributed by atoms with Crippen LogP contribution in [0.2, 0.25) is 0 Å². The molecule has 0 saturated carbocycles. The fraction of sp³-hybridized carbons (Fsp3) is 0.571. The second kappa shape index (κ2) is 10.3. The number of esters is 1. The van der Waals surface area contributed by atoms with E-state index in [1.54, 1.807) is 18.4 Å². The molecule has 1 aromatic heterocycles. The summed E-state index contributed by atoms with van der Waals surface area (Å²) in [6, 6.07) is 3.93. The zero-order valence-corrected chi connectivity index (χ0v) is 13.3. The number of methoxy groups -OCH3 is 2. The first-order chi connectivity index (χ1) is 10.2. The largest absolute Gasteiger partial charge is 0.469 e. The van der Waals surface area contributed by atoms with Gasteiger partial charge in [-0.25, -0.2) is 0 Å². The van der Waals surface area contributed by atoms with Gasteiger partial charge in [0.25, 0.3) is 0 Å². The minimum atomic E-state index is -0.281. The quantitative estimate of drug-likeness (QED) is 0.649. The lowest BCUT2D eigenvalue weighted by atomic mass is 10.3. The van der Waals surface area contributed by atoms with E-state index in [2.05, 4.69) is 10.1 Å². The van der Waals surface area contributed by atoms with Gasteiger partial charge < -0.3 is 14.8 Å². The first-order valence-corrected chi connectivity index (χ1v) is 7.61. The summed E-state index contributed by atoms with van der Waals surface area (Å²) in [5, 5.41) is 4.84. The molecular formula is C14H22N2O4S. The van der Waals surface area contributed by atoms with Crippen molar-refractivity contribution in [1.82, 2.24) is 10.2 Å². The number of amides is 1. The number of hydrogen-bond donors (Lipinski definition) is 1. The molecule has 0 atom stereocenters. The lowest BCUT2D eigenvalue weighted by Gasteiger charge is -2.20. The highest BCUT2D eigenvalue weighted by molar-refractivity contribution is 7.09. The highest BCUT2D eigenvalue weighted by atomic mass is 32.1. The van der Waals surface area contributed by atoms with Crippen molar-refractivity contribution in [2.45, 2.75) is 13.0 Å². The minimum absolute atomic E-state index is 0.0654. The monoisotopic (exact) mass is 314 g/mol. The zero-order chi connectivity index (χ0) is 15.5. The molecule has 1 aromatic rings. The molecule has 0 spiro atoms. The number of hydrogen-bond acceptors (Lipinski definition) is 6. The molecule has 0 aromatic carbocycles. The maximum absolute atomic E-state index is 11.9. The van der Waals surface area contributed by atoms with E-state index in [0.29, 0.717) is 26.2 Å². The van der Waals surface area contributed by atoms with Gasteiger partial charge >= 0.3 is 5.97 Å². The van der Waals surface area contributed by atoms with E-state index in [1.165, 1.54) is 7.11 Å². The Morgan fingerprint density at radius 3 is 2.76 bits per heavy atom. The number of rotatable bonds is 10. The molecule has 1 N–H and O–H groups in total. The first-order valence-electron chi connectivity index (χ1n) is 6.73. The number of ether oxygens (including phenoxy) is 2. The second-order valence-corrected chi connectivity index (χ2v) is 5.48. The molecule has 1 amide bonds. The van der Waals surface area contributed by atoms with E-state index in [0.717, 1.165) is 4.88 Å². The van der Waals surface area contributed by atoms with Crippen LogP contribution >= 0.6 is 11.3 Å². The maximum atomic E-state index is 11.9. The van der Waals surface area contributed by atoms with Crippen molar-refractivity contribution < 1.29 is 19.1 Å². The molecule has 0 fully saturated rings. The number of carbonyl (C=O) groups is 2. The summed E-state index contributed by atoms with van der Waals surface area (Å²) in [5.74, 6) is -0.347. The summed E-state index contributed by atoms with van der Waals surface area (Å²) in [4.78, 5) is 26.1. The molecule has 0 aliphatic carbocycles. The smallest absolute Gasteiger partial charge is 0.306 e. The third kappa shape index (κ3) is 7.79. The number of nitrogens with one attached hydrogen (secondary N) is 1. The van der Waals surface area contributed by atoms with E-state index in [-0.39, 0.29) is 24.8 Å². The van der Waals surface area contributed by atoms with Gasteiger partial charge in [-0.15, -0.1) is 11.3 Å². The van der Waals surface area contributed by atoms with Gasteiger partial charge in [0.2, 0.25) is 5.91 Å². The lowest BCUT2D eigenvalue weighted by Crippen LogP contribution is -2.39. The molecule has 118 valence electrons. The van der Waals surface area contributed by atoms with Crippen LogP contribution in [0, 0.1) is 0 Å². The maximum Gasteiger partial charge on any atom is 0.306 e. The van der Waals surface area contributed by atoms with Crippen molar-refractivity contribution in [3.63, 3.8) is 0 Å². The van der Waals surface area contributed by atoms with Gasteiger partial charge in [0.15, 0.2) is 0 Å². The van der Waals surface area contributed by atoms with Crippen LogP contribution in [-0.2, 0) is 25.6 Å². The van der Waals surface area contributed by atoms with Crippen LogP contribution in [0.3, 0.4) is 0 Å². The number of thiophene rings is 1. The topological polar surface area (TPSA) is 67.9 Å². The Labute approximate surface area is 129 Å². The van der Waals surface area contributed by atoms with Crippen LogP contribution < -0.4 is 5.32 Å². The Kier molecular flexibility index (Phi) is 8.65. The molecule has 0 saturated heterocycles. The second-order valence-electron chi connectivity index (χ2n) is 4.45. The Morgan fingerprint density at radius 2 is 2.14 bits per heavy atom. The predicted molar refractivity (Wildman–Crippen MR) is 81.1 cm³/mol. The standard InChI is InChI=1S/C14H22N2O4S/c1-19-8-7-16(6-5-14(18)20-2)11-13(17)15-10-12-4-3-9-21-12/h3-4,9H,5-8,10-11H2,1-2H3,(H,15,17). The average molecular weight is 314 g/mol. The normalized spacial score (nSPS) is 10.6. The molecule has 1 rings (SSSR count). The summed E-state index contributed by atoms with van der Waals surface area (Å²) in [6.45, 7) is 2.36. The fourth-order valence-electron chi connectivity index (χ4n) is 1.70. The van der Waals surface area contributed by atoms with E-state index in [9.17, 15) is 9.59 Å². The van der Waals surface area contributed by atoms with Crippen molar-refractivity contribution in [3.8, 4) is 0 Å². The molecule has 6 nitrogen and oxygen atoms in total. The van der Waals surface area contributed by atoms with Crippen LogP contribution in [0.4, 0.5) is 0 Å². The fourth-order valence-corrected chi connectivity index (χ4v) is 2.34. The van der Waals surface area contributed by atoms with E-state index >= 15 is 0 Å². The third-order valence-corrected chi connectivity index (χ3v) is 3.75. The van der Waals surface area contributed by atoms with Crippen LogP contribution in [0.25, 0.3) is 0 Å².